The Hall–Kier alpha value is -2.85. The number of pyridine rings is 1. The second kappa shape index (κ2) is 11.2. The van der Waals surface area contributed by atoms with Crippen molar-refractivity contribution in [2.75, 3.05) is 12.4 Å². The quantitative estimate of drug-likeness (QED) is 0.479. The minimum atomic E-state index is -0.515. The number of aryl methyl sites for hydroxylation is 1. The number of amides is 1. The van der Waals surface area contributed by atoms with Crippen molar-refractivity contribution >= 4 is 29.3 Å². The molecular weight excluding hydrogens is 386 g/mol. The Bertz CT molecular complexity index is 908. The number of nitriles is 1. The smallest absolute Gasteiger partial charge is 0.339 e. The zero-order valence-corrected chi connectivity index (χ0v) is 17.7. The van der Waals surface area contributed by atoms with Crippen molar-refractivity contribution in [1.29, 1.82) is 5.26 Å². The van der Waals surface area contributed by atoms with Crippen LogP contribution < -0.4 is 5.32 Å². The summed E-state index contributed by atoms with van der Waals surface area (Å²) in [7, 11) is 1.30. The molecule has 0 bridgehead atoms. The number of anilines is 1. The number of nitrogens with one attached hydrogen (secondary N) is 1. The second-order valence-electron chi connectivity index (χ2n) is 6.41. The van der Waals surface area contributed by atoms with Gasteiger partial charge in [0.05, 0.1) is 29.2 Å². The number of methoxy groups -OCH3 is 1. The number of thioether (sulfide) groups is 1. The van der Waals surface area contributed by atoms with E-state index in [1.54, 1.807) is 30.3 Å². The predicted octanol–water partition coefficient (Wildman–Crippen LogP) is 4.59. The molecule has 1 N–H and O–H groups in total. The van der Waals surface area contributed by atoms with Crippen molar-refractivity contribution in [3.8, 4) is 6.07 Å². The Balaban J connectivity index is 2.21. The van der Waals surface area contributed by atoms with Crippen LogP contribution in [0.25, 0.3) is 0 Å². The van der Waals surface area contributed by atoms with E-state index in [4.69, 9.17) is 4.74 Å². The van der Waals surface area contributed by atoms with E-state index in [9.17, 15) is 14.9 Å². The number of carbonyl (C=O) groups is 2. The van der Waals surface area contributed by atoms with Crippen LogP contribution in [0.1, 0.15) is 54.7 Å². The van der Waals surface area contributed by atoms with Gasteiger partial charge in [0.1, 0.15) is 11.1 Å². The number of ether oxygens (including phenoxy) is 1. The van der Waals surface area contributed by atoms with Crippen LogP contribution in [0.2, 0.25) is 0 Å². The number of esters is 1. The molecule has 29 heavy (non-hydrogen) atoms. The molecule has 0 fully saturated rings. The molecule has 0 spiro atoms. The highest BCUT2D eigenvalue weighted by Crippen LogP contribution is 2.29. The van der Waals surface area contributed by atoms with Crippen molar-refractivity contribution in [2.45, 2.75) is 49.8 Å². The molecule has 1 atom stereocenters. The van der Waals surface area contributed by atoms with Gasteiger partial charge in [0.25, 0.3) is 0 Å². The lowest BCUT2D eigenvalue weighted by atomic mass is 10.1. The number of para-hydroxylation sites is 1. The Kier molecular flexibility index (Phi) is 8.68. The highest BCUT2D eigenvalue weighted by atomic mass is 32.2. The summed E-state index contributed by atoms with van der Waals surface area (Å²) in [6.07, 6.45) is 3.46. The first kappa shape index (κ1) is 22.4. The minimum Gasteiger partial charge on any atom is -0.465 e. The van der Waals surface area contributed by atoms with E-state index in [-0.39, 0.29) is 5.91 Å². The highest BCUT2D eigenvalue weighted by Gasteiger charge is 2.22. The summed E-state index contributed by atoms with van der Waals surface area (Å²) in [4.78, 5) is 29.4. The van der Waals surface area contributed by atoms with Gasteiger partial charge >= 0.3 is 5.97 Å². The second-order valence-corrected chi connectivity index (χ2v) is 7.60. The van der Waals surface area contributed by atoms with Crippen molar-refractivity contribution in [3.63, 3.8) is 0 Å². The fourth-order valence-corrected chi connectivity index (χ4v) is 3.71. The number of benzene rings is 1. The largest absolute Gasteiger partial charge is 0.465 e. The van der Waals surface area contributed by atoms with Gasteiger partial charge < -0.3 is 10.1 Å². The molecule has 1 aromatic heterocycles. The lowest BCUT2D eigenvalue weighted by Gasteiger charge is -2.16. The Morgan fingerprint density at radius 2 is 2.00 bits per heavy atom. The summed E-state index contributed by atoms with van der Waals surface area (Å²) in [5.41, 5.74) is 2.06. The lowest BCUT2D eigenvalue weighted by molar-refractivity contribution is -0.115. The normalized spacial score (nSPS) is 11.4. The van der Waals surface area contributed by atoms with Crippen molar-refractivity contribution in [2.24, 2.45) is 0 Å². The highest BCUT2D eigenvalue weighted by molar-refractivity contribution is 8.00. The summed E-state index contributed by atoms with van der Waals surface area (Å²) in [5.74, 6) is -0.767. The minimum absolute atomic E-state index is 0.251. The zero-order chi connectivity index (χ0) is 21.2. The number of nitrogens with zero attached hydrogens (tertiary/aromatic N) is 2. The molecule has 0 aliphatic carbocycles. The van der Waals surface area contributed by atoms with Gasteiger partial charge in [-0.25, -0.2) is 9.78 Å². The standard InChI is InChI=1S/C22H25N3O3S/c1-4-6-9-16-13-12-15(14-23)21(24-16)29-19(5-2)20(26)25-18-11-8-7-10-17(18)22(27)28-3/h7-8,10-13,19H,4-6,9H2,1-3H3,(H,25,26). The first-order valence-electron chi connectivity index (χ1n) is 9.58. The zero-order valence-electron chi connectivity index (χ0n) is 16.9. The maximum atomic E-state index is 12.9. The number of carbonyl (C=O) groups excluding carboxylic acids is 2. The van der Waals surface area contributed by atoms with Gasteiger partial charge in [0, 0.05) is 5.69 Å². The van der Waals surface area contributed by atoms with Gasteiger partial charge in [0.15, 0.2) is 0 Å². The number of rotatable bonds is 9. The fourth-order valence-electron chi connectivity index (χ4n) is 2.70. The molecule has 2 aromatic rings. The molecule has 152 valence electrons. The van der Waals surface area contributed by atoms with Gasteiger partial charge in [-0.2, -0.15) is 5.26 Å². The molecule has 0 saturated heterocycles. The van der Waals surface area contributed by atoms with Crippen LogP contribution in [0.15, 0.2) is 41.4 Å². The molecule has 1 heterocycles. The van der Waals surface area contributed by atoms with E-state index >= 15 is 0 Å². The molecule has 2 rings (SSSR count). The van der Waals surface area contributed by atoms with Gasteiger partial charge in [0.2, 0.25) is 5.91 Å². The van der Waals surface area contributed by atoms with Gasteiger partial charge in [-0.15, -0.1) is 0 Å². The van der Waals surface area contributed by atoms with E-state index in [0.29, 0.717) is 28.3 Å². The average molecular weight is 412 g/mol. The number of unbranched alkanes of at least 4 members (excludes halogenated alkanes) is 1. The van der Waals surface area contributed by atoms with Gasteiger partial charge in [-0.05, 0) is 43.5 Å². The van der Waals surface area contributed by atoms with Crippen LogP contribution in [-0.2, 0) is 16.0 Å². The summed E-state index contributed by atoms with van der Waals surface area (Å²) in [6, 6.07) is 12.5. The Morgan fingerprint density at radius 1 is 1.24 bits per heavy atom. The Morgan fingerprint density at radius 3 is 2.66 bits per heavy atom. The predicted molar refractivity (Wildman–Crippen MR) is 114 cm³/mol. The maximum Gasteiger partial charge on any atom is 0.339 e. The maximum absolute atomic E-state index is 12.9. The van der Waals surface area contributed by atoms with Gasteiger partial charge in [-0.1, -0.05) is 44.2 Å². The third-order valence-corrected chi connectivity index (χ3v) is 5.70. The first-order valence-corrected chi connectivity index (χ1v) is 10.5. The SMILES string of the molecule is CCCCc1ccc(C#N)c(SC(CC)C(=O)Nc2ccccc2C(=O)OC)n1. The van der Waals surface area contributed by atoms with E-state index in [0.717, 1.165) is 25.0 Å². The van der Waals surface area contributed by atoms with E-state index in [2.05, 4.69) is 23.3 Å². The number of hydrogen-bond donors (Lipinski definition) is 1. The summed E-state index contributed by atoms with van der Waals surface area (Å²) < 4.78 is 4.78. The monoisotopic (exact) mass is 411 g/mol. The van der Waals surface area contributed by atoms with Crippen LogP contribution in [-0.4, -0.2) is 29.2 Å². The topological polar surface area (TPSA) is 92.1 Å². The van der Waals surface area contributed by atoms with Gasteiger partial charge in [-0.3, -0.25) is 4.79 Å². The average Bonchev–Trinajstić information content (AvgIpc) is 2.75. The van der Waals surface area contributed by atoms with Crippen LogP contribution >= 0.6 is 11.8 Å². The van der Waals surface area contributed by atoms with Crippen LogP contribution in [0.3, 0.4) is 0 Å². The van der Waals surface area contributed by atoms with Crippen molar-refractivity contribution in [3.05, 3.63) is 53.2 Å². The van der Waals surface area contributed by atoms with E-state index in [1.807, 2.05) is 13.0 Å². The lowest BCUT2D eigenvalue weighted by Crippen LogP contribution is -2.26. The molecule has 0 aliphatic rings. The summed E-state index contributed by atoms with van der Waals surface area (Å²) in [5, 5.41) is 12.3. The molecule has 1 unspecified atom stereocenters. The van der Waals surface area contributed by atoms with Crippen LogP contribution in [0.4, 0.5) is 5.69 Å². The number of aromatic nitrogens is 1. The molecule has 1 amide bonds. The van der Waals surface area contributed by atoms with Crippen molar-refractivity contribution < 1.29 is 14.3 Å². The molecule has 0 saturated carbocycles. The fraction of sp³-hybridized carbons (Fsp3) is 0.364. The van der Waals surface area contributed by atoms with E-state index < -0.39 is 11.2 Å². The molecular formula is C22H25N3O3S. The van der Waals surface area contributed by atoms with Crippen LogP contribution in [0.5, 0.6) is 0 Å². The number of hydrogen-bond acceptors (Lipinski definition) is 6. The van der Waals surface area contributed by atoms with Crippen LogP contribution in [0, 0.1) is 11.3 Å². The molecule has 6 nitrogen and oxygen atoms in total. The van der Waals surface area contributed by atoms with Crippen molar-refractivity contribution in [1.82, 2.24) is 4.98 Å². The summed E-state index contributed by atoms with van der Waals surface area (Å²) >= 11 is 1.27. The molecule has 0 radical (unpaired) electrons. The molecule has 7 heteroatoms. The third kappa shape index (κ3) is 6.06. The first-order chi connectivity index (χ1) is 14.0. The van der Waals surface area contributed by atoms with E-state index in [1.165, 1.54) is 18.9 Å². The summed E-state index contributed by atoms with van der Waals surface area (Å²) in [6.45, 7) is 4.01. The molecule has 0 aliphatic heterocycles. The third-order valence-electron chi connectivity index (χ3n) is 4.33. The molecule has 1 aromatic carbocycles. The Labute approximate surface area is 175 Å².